The first-order valence-corrected chi connectivity index (χ1v) is 7.22. The number of nitrogens with zero attached hydrogens (tertiary/aromatic N) is 2. The van der Waals surface area contributed by atoms with Gasteiger partial charge in [0.25, 0.3) is 0 Å². The zero-order valence-corrected chi connectivity index (χ0v) is 12.3. The summed E-state index contributed by atoms with van der Waals surface area (Å²) in [5.41, 5.74) is 3.25. The molecular weight excluding hydrogens is 280 g/mol. The molecule has 1 aromatic heterocycles. The fourth-order valence-electron chi connectivity index (χ4n) is 2.78. The molecule has 0 saturated heterocycles. The summed E-state index contributed by atoms with van der Waals surface area (Å²) in [7, 11) is 2.05. The normalized spacial score (nSPS) is 11.3. The van der Waals surface area contributed by atoms with Crippen LogP contribution in [0.1, 0.15) is 0 Å². The summed E-state index contributed by atoms with van der Waals surface area (Å²) in [6, 6.07) is 20.4. The van der Waals surface area contributed by atoms with Crippen LogP contribution in [0.2, 0.25) is 5.02 Å². The number of benzene rings is 3. The quantitative estimate of drug-likeness (QED) is 0.480. The van der Waals surface area contributed by atoms with Crippen molar-refractivity contribution in [3.05, 3.63) is 65.7 Å². The fourth-order valence-corrected chi connectivity index (χ4v) is 2.91. The number of aryl methyl sites for hydroxylation is 1. The van der Waals surface area contributed by atoms with E-state index in [1.165, 1.54) is 10.8 Å². The number of hydrogen-bond donors (Lipinski definition) is 0. The Kier molecular flexibility index (Phi) is 2.72. The Morgan fingerprint density at radius 2 is 1.67 bits per heavy atom. The van der Waals surface area contributed by atoms with Crippen LogP contribution < -0.4 is 0 Å². The van der Waals surface area contributed by atoms with E-state index in [-0.39, 0.29) is 0 Å². The summed E-state index contributed by atoms with van der Waals surface area (Å²) < 4.78 is 2.13. The second kappa shape index (κ2) is 4.61. The lowest BCUT2D eigenvalue weighted by molar-refractivity contribution is 0.959. The van der Waals surface area contributed by atoms with Crippen LogP contribution in [0.15, 0.2) is 60.7 Å². The third kappa shape index (κ3) is 1.91. The lowest BCUT2D eigenvalue weighted by atomic mass is 10.1. The Balaban J connectivity index is 2.05. The van der Waals surface area contributed by atoms with Crippen molar-refractivity contribution in [2.24, 2.45) is 7.05 Å². The SMILES string of the molecule is Cn1c(-c2ccc(Cl)cc2)nc2c3ccccc3ccc21. The van der Waals surface area contributed by atoms with Crippen molar-refractivity contribution < 1.29 is 0 Å². The Hall–Kier alpha value is -2.32. The first-order chi connectivity index (χ1) is 10.2. The molecule has 0 aliphatic carbocycles. The van der Waals surface area contributed by atoms with E-state index in [4.69, 9.17) is 16.6 Å². The molecule has 4 aromatic rings. The summed E-state index contributed by atoms with van der Waals surface area (Å²) >= 11 is 5.97. The largest absolute Gasteiger partial charge is 0.327 e. The average molecular weight is 293 g/mol. The minimum absolute atomic E-state index is 0.739. The van der Waals surface area contributed by atoms with Crippen LogP contribution in [-0.2, 0) is 7.05 Å². The highest BCUT2D eigenvalue weighted by Crippen LogP contribution is 2.29. The van der Waals surface area contributed by atoms with Gasteiger partial charge in [0.1, 0.15) is 5.82 Å². The maximum atomic E-state index is 5.97. The van der Waals surface area contributed by atoms with Gasteiger partial charge in [-0.15, -0.1) is 0 Å². The molecule has 0 fully saturated rings. The van der Waals surface area contributed by atoms with Crippen molar-refractivity contribution in [2.75, 3.05) is 0 Å². The van der Waals surface area contributed by atoms with E-state index in [9.17, 15) is 0 Å². The summed E-state index contributed by atoms with van der Waals surface area (Å²) in [6.45, 7) is 0. The molecule has 0 atom stereocenters. The van der Waals surface area contributed by atoms with Crippen molar-refractivity contribution in [3.63, 3.8) is 0 Å². The zero-order valence-electron chi connectivity index (χ0n) is 11.5. The fraction of sp³-hybridized carbons (Fsp3) is 0.0556. The molecule has 0 bridgehead atoms. The van der Waals surface area contributed by atoms with Crippen LogP contribution in [0.4, 0.5) is 0 Å². The van der Waals surface area contributed by atoms with Gasteiger partial charge in [-0.25, -0.2) is 4.98 Å². The molecular formula is C18H13ClN2. The van der Waals surface area contributed by atoms with Gasteiger partial charge < -0.3 is 4.57 Å². The molecule has 0 saturated carbocycles. The number of rotatable bonds is 1. The third-order valence-corrected chi connectivity index (χ3v) is 4.13. The number of fused-ring (bicyclic) bond motifs is 3. The Morgan fingerprint density at radius 1 is 0.905 bits per heavy atom. The van der Waals surface area contributed by atoms with Gasteiger partial charge in [0.05, 0.1) is 11.0 Å². The number of aromatic nitrogens is 2. The zero-order chi connectivity index (χ0) is 14.4. The van der Waals surface area contributed by atoms with Crippen LogP contribution in [0.25, 0.3) is 33.2 Å². The van der Waals surface area contributed by atoms with Gasteiger partial charge in [-0.2, -0.15) is 0 Å². The molecule has 3 heteroatoms. The van der Waals surface area contributed by atoms with E-state index in [2.05, 4.69) is 41.0 Å². The van der Waals surface area contributed by atoms with Gasteiger partial charge >= 0.3 is 0 Å². The first kappa shape index (κ1) is 12.4. The van der Waals surface area contributed by atoms with E-state index in [0.717, 1.165) is 27.4 Å². The lowest BCUT2D eigenvalue weighted by Crippen LogP contribution is -1.91. The van der Waals surface area contributed by atoms with Crippen LogP contribution in [0.5, 0.6) is 0 Å². The molecule has 0 spiro atoms. The van der Waals surface area contributed by atoms with Crippen molar-refractivity contribution in [2.45, 2.75) is 0 Å². The molecule has 1 heterocycles. The van der Waals surface area contributed by atoms with Gasteiger partial charge in [-0.3, -0.25) is 0 Å². The summed E-state index contributed by atoms with van der Waals surface area (Å²) in [6.07, 6.45) is 0. The topological polar surface area (TPSA) is 17.8 Å². The van der Waals surface area contributed by atoms with E-state index in [1.807, 2.05) is 31.3 Å². The van der Waals surface area contributed by atoms with Crippen molar-refractivity contribution in [3.8, 4) is 11.4 Å². The maximum Gasteiger partial charge on any atom is 0.140 e. The predicted octanol–water partition coefficient (Wildman–Crippen LogP) is 5.05. The monoisotopic (exact) mass is 292 g/mol. The first-order valence-electron chi connectivity index (χ1n) is 6.84. The molecule has 0 aliphatic rings. The molecule has 0 radical (unpaired) electrons. The van der Waals surface area contributed by atoms with Crippen molar-refractivity contribution in [1.82, 2.24) is 9.55 Å². The molecule has 102 valence electrons. The molecule has 0 N–H and O–H groups in total. The van der Waals surface area contributed by atoms with E-state index in [0.29, 0.717) is 0 Å². The number of imidazole rings is 1. The number of halogens is 1. The highest BCUT2D eigenvalue weighted by molar-refractivity contribution is 6.30. The van der Waals surface area contributed by atoms with E-state index in [1.54, 1.807) is 0 Å². The van der Waals surface area contributed by atoms with Gasteiger partial charge in [-0.1, -0.05) is 41.9 Å². The highest BCUT2D eigenvalue weighted by Gasteiger charge is 2.11. The number of hydrogen-bond acceptors (Lipinski definition) is 1. The van der Waals surface area contributed by atoms with Gasteiger partial charge in [0.15, 0.2) is 0 Å². The van der Waals surface area contributed by atoms with Gasteiger partial charge in [0.2, 0.25) is 0 Å². The van der Waals surface area contributed by atoms with Crippen LogP contribution >= 0.6 is 11.6 Å². The summed E-state index contributed by atoms with van der Waals surface area (Å²) in [5, 5.41) is 3.14. The molecule has 0 aliphatic heterocycles. The second-order valence-corrected chi connectivity index (χ2v) is 5.59. The molecule has 3 aromatic carbocycles. The highest BCUT2D eigenvalue weighted by atomic mass is 35.5. The van der Waals surface area contributed by atoms with Gasteiger partial charge in [0, 0.05) is 23.0 Å². The Labute approximate surface area is 127 Å². The second-order valence-electron chi connectivity index (χ2n) is 5.16. The third-order valence-electron chi connectivity index (χ3n) is 3.88. The Bertz CT molecular complexity index is 952. The Morgan fingerprint density at radius 3 is 2.48 bits per heavy atom. The summed E-state index contributed by atoms with van der Waals surface area (Å²) in [4.78, 5) is 4.86. The van der Waals surface area contributed by atoms with Crippen LogP contribution in [0, 0.1) is 0 Å². The van der Waals surface area contributed by atoms with Crippen molar-refractivity contribution >= 4 is 33.4 Å². The minimum Gasteiger partial charge on any atom is -0.327 e. The standard InChI is InChI=1S/C18H13ClN2/c1-21-16-11-8-12-4-2-3-5-15(12)17(16)20-18(21)13-6-9-14(19)10-7-13/h2-11H,1H3. The predicted molar refractivity (Wildman–Crippen MR) is 88.7 cm³/mol. The minimum atomic E-state index is 0.739. The summed E-state index contributed by atoms with van der Waals surface area (Å²) in [5.74, 6) is 0.956. The van der Waals surface area contributed by atoms with Gasteiger partial charge in [-0.05, 0) is 35.7 Å². The lowest BCUT2D eigenvalue weighted by Gasteiger charge is -2.02. The van der Waals surface area contributed by atoms with E-state index >= 15 is 0 Å². The molecule has 4 rings (SSSR count). The average Bonchev–Trinajstić information content (AvgIpc) is 2.86. The molecule has 21 heavy (non-hydrogen) atoms. The van der Waals surface area contributed by atoms with E-state index < -0.39 is 0 Å². The smallest absolute Gasteiger partial charge is 0.140 e. The van der Waals surface area contributed by atoms with Crippen LogP contribution in [0.3, 0.4) is 0 Å². The van der Waals surface area contributed by atoms with Crippen LogP contribution in [-0.4, -0.2) is 9.55 Å². The van der Waals surface area contributed by atoms with Crippen molar-refractivity contribution in [1.29, 1.82) is 0 Å². The molecule has 0 unspecified atom stereocenters. The molecule has 0 amide bonds. The maximum absolute atomic E-state index is 5.97. The molecule has 2 nitrogen and oxygen atoms in total.